The van der Waals surface area contributed by atoms with Gasteiger partial charge in [0.1, 0.15) is 0 Å². The Labute approximate surface area is 275 Å². The molecule has 1 aromatic carbocycles. The highest BCUT2D eigenvalue weighted by molar-refractivity contribution is 7.70. The van der Waals surface area contributed by atoms with Crippen molar-refractivity contribution in [1.29, 1.82) is 0 Å². The lowest BCUT2D eigenvalue weighted by Gasteiger charge is -2.38. The first kappa shape index (κ1) is 41.3. The van der Waals surface area contributed by atoms with Crippen molar-refractivity contribution in [2.75, 3.05) is 10.6 Å². The zero-order chi connectivity index (χ0) is 36.0. The summed E-state index contributed by atoms with van der Waals surface area (Å²) in [6, 6.07) is 0. The van der Waals surface area contributed by atoms with Gasteiger partial charge in [-0.2, -0.15) is 0 Å². The fraction of sp³-hybridized carbons (Fsp3) is 0.333. The Balaban J connectivity index is 4.27. The van der Waals surface area contributed by atoms with Crippen LogP contribution in [0.1, 0.15) is 67.2 Å². The van der Waals surface area contributed by atoms with Crippen LogP contribution < -0.4 is 10.6 Å². The van der Waals surface area contributed by atoms with Gasteiger partial charge in [0.15, 0.2) is 0 Å². The molecule has 0 saturated carbocycles. The average Bonchev–Trinajstić information content (AvgIpc) is 2.97. The highest BCUT2D eigenvalue weighted by Gasteiger charge is 2.37. The second kappa shape index (κ2) is 18.5. The molecule has 0 aliphatic carbocycles. The molecule has 0 fully saturated rings. The van der Waals surface area contributed by atoms with E-state index in [0.29, 0.717) is 41.5 Å². The summed E-state index contributed by atoms with van der Waals surface area (Å²) in [5, 5.41) is 5.61. The first-order valence-corrected chi connectivity index (χ1v) is 17.8. The van der Waals surface area contributed by atoms with Crippen LogP contribution in [0.5, 0.6) is 0 Å². The van der Waals surface area contributed by atoms with E-state index in [2.05, 4.69) is 50.1 Å². The fourth-order valence-electron chi connectivity index (χ4n) is 5.39. The minimum atomic E-state index is -5.06. The van der Waals surface area contributed by atoms with E-state index in [1.54, 1.807) is 30.4 Å². The van der Waals surface area contributed by atoms with Crippen LogP contribution in [-0.4, -0.2) is 42.4 Å². The number of anilines is 2. The van der Waals surface area contributed by atoms with Gasteiger partial charge in [-0.3, -0.25) is 28.3 Å². The standard InChI is InChI=1S/C33H44N2O10P2/c1-7-13-23-24(14-8-2)31(34-26(36)16-18-28(38)46(40,41)42)25(15-9-3)32(35-27(37)17-19-29(39)47(43,44)45)30(23)33(20-10-4,21-11-5)22-12-6/h7-12H,1-6,13-22H2,(H,34,36)(H,35,37)(H2,40,41,42)(H2,43,44,45). The van der Waals surface area contributed by atoms with Gasteiger partial charge < -0.3 is 30.2 Å². The Morgan fingerprint density at radius 1 is 0.553 bits per heavy atom. The van der Waals surface area contributed by atoms with Crippen molar-refractivity contribution in [2.24, 2.45) is 0 Å². The van der Waals surface area contributed by atoms with Gasteiger partial charge >= 0.3 is 15.2 Å². The topological polar surface area (TPSA) is 207 Å². The van der Waals surface area contributed by atoms with E-state index in [1.165, 1.54) is 6.08 Å². The maximum Gasteiger partial charge on any atom is 0.391 e. The molecular formula is C33H44N2O10P2. The Hall–Kier alpha value is -3.76. The molecule has 0 spiro atoms. The molecule has 0 heterocycles. The Bertz CT molecular complexity index is 1510. The monoisotopic (exact) mass is 690 g/mol. The molecule has 0 atom stereocenters. The van der Waals surface area contributed by atoms with Crippen LogP contribution in [0.4, 0.5) is 11.4 Å². The van der Waals surface area contributed by atoms with Crippen molar-refractivity contribution in [3.63, 3.8) is 0 Å². The molecule has 2 amide bonds. The predicted octanol–water partition coefficient (Wildman–Crippen LogP) is 5.68. The number of hydrogen-bond acceptors (Lipinski definition) is 6. The molecule has 1 rings (SSSR count). The van der Waals surface area contributed by atoms with Crippen molar-refractivity contribution < 1.29 is 47.9 Å². The molecule has 0 radical (unpaired) electrons. The zero-order valence-corrected chi connectivity index (χ0v) is 28.2. The van der Waals surface area contributed by atoms with Crippen LogP contribution in [0.3, 0.4) is 0 Å². The Morgan fingerprint density at radius 2 is 0.915 bits per heavy atom. The van der Waals surface area contributed by atoms with Gasteiger partial charge in [-0.25, -0.2) is 0 Å². The van der Waals surface area contributed by atoms with Gasteiger partial charge in [-0.1, -0.05) is 36.5 Å². The summed E-state index contributed by atoms with van der Waals surface area (Å²) in [6.07, 6.45) is 9.00. The lowest BCUT2D eigenvalue weighted by atomic mass is 9.67. The quantitative estimate of drug-likeness (QED) is 0.0611. The highest BCUT2D eigenvalue weighted by Crippen LogP contribution is 2.49. The third-order valence-corrected chi connectivity index (χ3v) is 9.06. The maximum atomic E-state index is 13.4. The number of rotatable bonds is 23. The normalized spacial score (nSPS) is 11.6. The van der Waals surface area contributed by atoms with Crippen LogP contribution in [0.15, 0.2) is 75.9 Å². The van der Waals surface area contributed by atoms with Crippen molar-refractivity contribution in [2.45, 2.75) is 69.6 Å². The van der Waals surface area contributed by atoms with Crippen molar-refractivity contribution in [3.05, 3.63) is 98.2 Å². The highest BCUT2D eigenvalue weighted by atomic mass is 31.2. The molecule has 0 saturated heterocycles. The van der Waals surface area contributed by atoms with Gasteiger partial charge in [0.2, 0.25) is 22.9 Å². The predicted molar refractivity (Wildman–Crippen MR) is 184 cm³/mol. The lowest BCUT2D eigenvalue weighted by molar-refractivity contribution is -0.119. The van der Waals surface area contributed by atoms with E-state index in [4.69, 9.17) is 9.79 Å². The molecule has 1 aromatic rings. The van der Waals surface area contributed by atoms with E-state index in [0.717, 1.165) is 0 Å². The lowest BCUT2D eigenvalue weighted by Crippen LogP contribution is -2.31. The summed E-state index contributed by atoms with van der Waals surface area (Å²) in [6.45, 7) is 23.4. The van der Waals surface area contributed by atoms with Crippen LogP contribution >= 0.6 is 15.2 Å². The summed E-state index contributed by atoms with van der Waals surface area (Å²) >= 11 is 0. The summed E-state index contributed by atoms with van der Waals surface area (Å²) in [5.41, 5.74) is -0.836. The van der Waals surface area contributed by atoms with Crippen LogP contribution in [0.25, 0.3) is 0 Å². The first-order valence-electron chi connectivity index (χ1n) is 14.6. The molecule has 0 bridgehead atoms. The van der Waals surface area contributed by atoms with Crippen molar-refractivity contribution in [3.8, 4) is 0 Å². The SMILES string of the molecule is C=CCc1c(CC=C)c(C(CC=C)(CC=C)CC=C)c(NC(=O)CCC(=O)P(=O)(O)O)c(CC=C)c1NC(=O)CCC(=O)P(=O)(O)O. The second-order valence-electron chi connectivity index (χ2n) is 10.8. The van der Waals surface area contributed by atoms with Gasteiger partial charge in [0.25, 0.3) is 0 Å². The van der Waals surface area contributed by atoms with E-state index in [9.17, 15) is 38.1 Å². The summed E-state index contributed by atoms with van der Waals surface area (Å²) < 4.78 is 22.7. The molecule has 0 aliphatic rings. The molecule has 47 heavy (non-hydrogen) atoms. The smallest absolute Gasteiger partial charge is 0.325 e. The number of nitrogens with one attached hydrogen (secondary N) is 2. The fourth-order valence-corrected chi connectivity index (χ4v) is 6.20. The second-order valence-corrected chi connectivity index (χ2v) is 13.9. The summed E-state index contributed by atoms with van der Waals surface area (Å²) in [5.74, 6) is -1.48. The van der Waals surface area contributed by atoms with Crippen LogP contribution in [0, 0.1) is 0 Å². The number of hydrogen-bond donors (Lipinski definition) is 6. The van der Waals surface area contributed by atoms with Crippen LogP contribution in [0.2, 0.25) is 0 Å². The minimum absolute atomic E-state index is 0.0753. The average molecular weight is 691 g/mol. The summed E-state index contributed by atoms with van der Waals surface area (Å²) in [4.78, 5) is 87.2. The molecule has 0 unspecified atom stereocenters. The molecule has 12 nitrogen and oxygen atoms in total. The number of allylic oxidation sites excluding steroid dienone is 6. The van der Waals surface area contributed by atoms with E-state index < -0.39 is 69.2 Å². The van der Waals surface area contributed by atoms with Crippen molar-refractivity contribution >= 4 is 49.4 Å². The molecular weight excluding hydrogens is 646 g/mol. The van der Waals surface area contributed by atoms with E-state index in [1.807, 2.05) is 0 Å². The maximum absolute atomic E-state index is 13.4. The number of benzene rings is 1. The van der Waals surface area contributed by atoms with E-state index >= 15 is 0 Å². The first-order chi connectivity index (χ1) is 22.0. The number of carbonyl (C=O) groups excluding carboxylic acids is 4. The number of amides is 2. The number of carbonyl (C=O) groups is 4. The zero-order valence-electron chi connectivity index (χ0n) is 26.4. The van der Waals surface area contributed by atoms with Gasteiger partial charge in [-0.05, 0) is 55.2 Å². The van der Waals surface area contributed by atoms with Gasteiger partial charge in [0, 0.05) is 36.7 Å². The van der Waals surface area contributed by atoms with Crippen molar-refractivity contribution in [1.82, 2.24) is 0 Å². The van der Waals surface area contributed by atoms with Crippen LogP contribution in [-0.2, 0) is 53.0 Å². The minimum Gasteiger partial charge on any atom is -0.325 e. The molecule has 0 aromatic heterocycles. The van der Waals surface area contributed by atoms with Gasteiger partial charge in [0.05, 0.1) is 11.4 Å². The molecule has 256 valence electrons. The largest absolute Gasteiger partial charge is 0.391 e. The third kappa shape index (κ3) is 11.5. The molecule has 6 N–H and O–H groups in total. The van der Waals surface area contributed by atoms with Gasteiger partial charge in [-0.15, -0.1) is 39.5 Å². The molecule has 0 aliphatic heterocycles. The molecule has 14 heteroatoms. The van der Waals surface area contributed by atoms with E-state index in [-0.39, 0.29) is 30.6 Å². The summed E-state index contributed by atoms with van der Waals surface area (Å²) in [7, 11) is -10.1. The Kier molecular flexibility index (Phi) is 16.3. The third-order valence-electron chi connectivity index (χ3n) is 7.31. The Morgan fingerprint density at radius 3 is 1.28 bits per heavy atom.